The van der Waals surface area contributed by atoms with E-state index in [0.717, 1.165) is 39.0 Å². The lowest BCUT2D eigenvalue weighted by molar-refractivity contribution is 0.0166. The molecule has 1 amide bonds. The van der Waals surface area contributed by atoms with Crippen molar-refractivity contribution in [2.45, 2.75) is 45.8 Å². The molecule has 1 aliphatic heterocycles. The topological polar surface area (TPSA) is 54.5 Å². The van der Waals surface area contributed by atoms with Gasteiger partial charge in [0, 0.05) is 32.0 Å². The van der Waals surface area contributed by atoms with E-state index in [9.17, 15) is 4.79 Å². The summed E-state index contributed by atoms with van der Waals surface area (Å²) in [5.41, 5.74) is 0.804. The Labute approximate surface area is 133 Å². The smallest absolute Gasteiger partial charge is 0.410 e. The predicted octanol–water partition coefficient (Wildman–Crippen LogP) is 2.82. The third-order valence-corrected chi connectivity index (χ3v) is 3.68. The second-order valence-electron chi connectivity index (χ2n) is 6.92. The fourth-order valence-corrected chi connectivity index (χ4v) is 2.65. The highest BCUT2D eigenvalue weighted by molar-refractivity contribution is 5.68. The average molecular weight is 305 g/mol. The first-order valence-electron chi connectivity index (χ1n) is 8.01. The van der Waals surface area contributed by atoms with Crippen LogP contribution in [-0.2, 0) is 11.3 Å². The number of hydrogen-bond donors (Lipinski definition) is 1. The molecule has 5 heteroatoms. The standard InChI is InChI=1S/C17H27N3O2/c1-17(2,3)22-16(21)20-10-4-5-15(13-20)12-19-11-14-6-8-18-9-7-14/h6-9,15,19H,4-5,10-13H2,1-3H3/t15-/m1/s1. The Morgan fingerprint density at radius 2 is 2.14 bits per heavy atom. The van der Waals surface area contributed by atoms with E-state index in [-0.39, 0.29) is 6.09 Å². The van der Waals surface area contributed by atoms with Crippen LogP contribution in [0.2, 0.25) is 0 Å². The summed E-state index contributed by atoms with van der Waals surface area (Å²) in [6.45, 7) is 9.05. The van der Waals surface area contributed by atoms with Crippen LogP contribution in [0.25, 0.3) is 0 Å². The number of piperidine rings is 1. The van der Waals surface area contributed by atoms with Crippen LogP contribution in [0, 0.1) is 5.92 Å². The van der Waals surface area contributed by atoms with Crippen LogP contribution in [0.1, 0.15) is 39.2 Å². The van der Waals surface area contributed by atoms with Gasteiger partial charge < -0.3 is 15.0 Å². The quantitative estimate of drug-likeness (QED) is 0.929. The van der Waals surface area contributed by atoms with Gasteiger partial charge in [-0.3, -0.25) is 4.98 Å². The lowest BCUT2D eigenvalue weighted by Crippen LogP contribution is -2.44. The van der Waals surface area contributed by atoms with Gasteiger partial charge in [-0.25, -0.2) is 4.79 Å². The Hall–Kier alpha value is -1.62. The molecule has 0 spiro atoms. The third kappa shape index (κ3) is 5.64. The Kier molecular flexibility index (Phi) is 5.77. The van der Waals surface area contributed by atoms with E-state index < -0.39 is 5.60 Å². The van der Waals surface area contributed by atoms with Crippen LogP contribution in [0.15, 0.2) is 24.5 Å². The van der Waals surface area contributed by atoms with Gasteiger partial charge in [-0.15, -0.1) is 0 Å². The largest absolute Gasteiger partial charge is 0.444 e. The molecule has 1 aliphatic rings. The molecule has 2 heterocycles. The van der Waals surface area contributed by atoms with Gasteiger partial charge >= 0.3 is 6.09 Å². The SMILES string of the molecule is CC(C)(C)OC(=O)N1CCC[C@H](CNCc2ccncc2)C1. The maximum Gasteiger partial charge on any atom is 0.410 e. The zero-order valence-electron chi connectivity index (χ0n) is 13.8. The molecule has 0 aromatic carbocycles. The molecule has 0 radical (unpaired) electrons. The Balaban J connectivity index is 1.75. The predicted molar refractivity (Wildman–Crippen MR) is 86.5 cm³/mol. The van der Waals surface area contributed by atoms with Crippen LogP contribution < -0.4 is 5.32 Å². The van der Waals surface area contributed by atoms with Gasteiger partial charge in [0.1, 0.15) is 5.60 Å². The number of nitrogens with one attached hydrogen (secondary N) is 1. The van der Waals surface area contributed by atoms with Crippen molar-refractivity contribution in [3.8, 4) is 0 Å². The summed E-state index contributed by atoms with van der Waals surface area (Å²) in [7, 11) is 0. The zero-order chi connectivity index (χ0) is 16.0. The van der Waals surface area contributed by atoms with Crippen molar-refractivity contribution < 1.29 is 9.53 Å². The van der Waals surface area contributed by atoms with E-state index in [2.05, 4.69) is 10.3 Å². The summed E-state index contributed by atoms with van der Waals surface area (Å²) in [6, 6.07) is 4.03. The molecule has 0 unspecified atom stereocenters. The fraction of sp³-hybridized carbons (Fsp3) is 0.647. The van der Waals surface area contributed by atoms with Crippen molar-refractivity contribution in [1.29, 1.82) is 0 Å². The van der Waals surface area contributed by atoms with Crippen LogP contribution in [-0.4, -0.2) is 41.2 Å². The highest BCUT2D eigenvalue weighted by atomic mass is 16.6. The number of pyridine rings is 1. The van der Waals surface area contributed by atoms with E-state index >= 15 is 0 Å². The second-order valence-corrected chi connectivity index (χ2v) is 6.92. The highest BCUT2D eigenvalue weighted by Gasteiger charge is 2.27. The minimum Gasteiger partial charge on any atom is -0.444 e. The Bertz CT molecular complexity index is 471. The summed E-state index contributed by atoms with van der Waals surface area (Å²) < 4.78 is 5.46. The van der Waals surface area contributed by atoms with Gasteiger partial charge in [-0.05, 0) is 63.8 Å². The zero-order valence-corrected chi connectivity index (χ0v) is 13.8. The molecule has 1 atom stereocenters. The Morgan fingerprint density at radius 3 is 2.82 bits per heavy atom. The molecule has 1 fully saturated rings. The summed E-state index contributed by atoms with van der Waals surface area (Å²) in [4.78, 5) is 18.0. The molecule has 1 saturated heterocycles. The van der Waals surface area contributed by atoms with Gasteiger partial charge in [0.25, 0.3) is 0 Å². The maximum atomic E-state index is 12.1. The van der Waals surface area contributed by atoms with E-state index in [1.807, 2.05) is 50.2 Å². The van der Waals surface area contributed by atoms with Gasteiger partial charge in [0.15, 0.2) is 0 Å². The number of nitrogens with zero attached hydrogens (tertiary/aromatic N) is 2. The number of ether oxygens (including phenoxy) is 1. The van der Waals surface area contributed by atoms with Gasteiger partial charge in [-0.1, -0.05) is 0 Å². The van der Waals surface area contributed by atoms with Crippen molar-refractivity contribution in [1.82, 2.24) is 15.2 Å². The molecule has 0 bridgehead atoms. The first-order chi connectivity index (χ1) is 10.4. The van der Waals surface area contributed by atoms with Crippen LogP contribution >= 0.6 is 0 Å². The van der Waals surface area contributed by atoms with Gasteiger partial charge in [0.05, 0.1) is 0 Å². The third-order valence-electron chi connectivity index (χ3n) is 3.68. The van der Waals surface area contributed by atoms with Crippen molar-refractivity contribution in [2.24, 2.45) is 5.92 Å². The second kappa shape index (κ2) is 7.58. The number of carbonyl (C=O) groups is 1. The van der Waals surface area contributed by atoms with Crippen LogP contribution in [0.5, 0.6) is 0 Å². The summed E-state index contributed by atoms with van der Waals surface area (Å²) in [6.07, 6.45) is 5.62. The molecule has 1 aromatic rings. The molecule has 122 valence electrons. The Morgan fingerprint density at radius 1 is 1.41 bits per heavy atom. The van der Waals surface area contributed by atoms with Crippen LogP contribution in [0.3, 0.4) is 0 Å². The van der Waals surface area contributed by atoms with Crippen molar-refractivity contribution in [3.05, 3.63) is 30.1 Å². The van der Waals surface area contributed by atoms with Gasteiger partial charge in [0.2, 0.25) is 0 Å². The molecular weight excluding hydrogens is 278 g/mol. The van der Waals surface area contributed by atoms with Gasteiger partial charge in [-0.2, -0.15) is 0 Å². The maximum absolute atomic E-state index is 12.1. The molecule has 5 nitrogen and oxygen atoms in total. The van der Waals surface area contributed by atoms with Crippen molar-refractivity contribution in [2.75, 3.05) is 19.6 Å². The number of rotatable bonds is 4. The number of likely N-dealkylation sites (tertiary alicyclic amines) is 1. The molecular formula is C17H27N3O2. The lowest BCUT2D eigenvalue weighted by Gasteiger charge is -2.34. The molecule has 2 rings (SSSR count). The number of aromatic nitrogens is 1. The molecule has 0 saturated carbocycles. The number of amides is 1. The van der Waals surface area contributed by atoms with Crippen molar-refractivity contribution in [3.63, 3.8) is 0 Å². The molecule has 22 heavy (non-hydrogen) atoms. The number of hydrogen-bond acceptors (Lipinski definition) is 4. The molecule has 0 aliphatic carbocycles. The minimum atomic E-state index is -0.427. The van der Waals surface area contributed by atoms with Crippen molar-refractivity contribution >= 4 is 6.09 Å². The van der Waals surface area contributed by atoms with E-state index in [1.54, 1.807) is 0 Å². The first-order valence-corrected chi connectivity index (χ1v) is 8.01. The molecule has 1 aromatic heterocycles. The lowest BCUT2D eigenvalue weighted by atomic mass is 9.98. The van der Waals surface area contributed by atoms with Crippen LogP contribution in [0.4, 0.5) is 4.79 Å². The average Bonchev–Trinajstić information content (AvgIpc) is 2.47. The van der Waals surface area contributed by atoms with E-state index in [4.69, 9.17) is 4.74 Å². The number of carbonyl (C=O) groups excluding carboxylic acids is 1. The summed E-state index contributed by atoms with van der Waals surface area (Å²) >= 11 is 0. The van der Waals surface area contributed by atoms with E-state index in [0.29, 0.717) is 5.92 Å². The summed E-state index contributed by atoms with van der Waals surface area (Å²) in [5, 5.41) is 3.47. The first kappa shape index (κ1) is 16.7. The highest BCUT2D eigenvalue weighted by Crippen LogP contribution is 2.19. The summed E-state index contributed by atoms with van der Waals surface area (Å²) in [5.74, 6) is 0.489. The monoisotopic (exact) mass is 305 g/mol. The molecule has 1 N–H and O–H groups in total. The minimum absolute atomic E-state index is 0.189. The normalized spacial score (nSPS) is 19.0. The fourth-order valence-electron chi connectivity index (χ4n) is 2.65. The van der Waals surface area contributed by atoms with E-state index in [1.165, 1.54) is 5.56 Å².